The predicted octanol–water partition coefficient (Wildman–Crippen LogP) is 2.81. The first-order valence-corrected chi connectivity index (χ1v) is 8.60. The molecule has 1 saturated heterocycles. The lowest BCUT2D eigenvalue weighted by Crippen LogP contribution is -2.50. The third-order valence-corrected chi connectivity index (χ3v) is 5.67. The minimum atomic E-state index is -0.0454. The molecule has 106 valence electrons. The fraction of sp³-hybridized carbons (Fsp3) is 0.643. The van der Waals surface area contributed by atoms with Crippen LogP contribution in [0.2, 0.25) is 0 Å². The topological polar surface area (TPSA) is 23.6 Å². The number of hydrogen-bond acceptors (Lipinski definition) is 3. The third kappa shape index (κ3) is 4.04. The van der Waals surface area contributed by atoms with Crippen molar-refractivity contribution < 1.29 is 4.79 Å². The molecule has 0 radical (unpaired) electrons. The maximum atomic E-state index is 12.2. The van der Waals surface area contributed by atoms with Crippen LogP contribution in [0.15, 0.2) is 16.8 Å². The smallest absolute Gasteiger partial charge is 0.236 e. The summed E-state index contributed by atoms with van der Waals surface area (Å²) in [5, 5.41) is 4.32. The van der Waals surface area contributed by atoms with Crippen molar-refractivity contribution in [1.29, 1.82) is 0 Å². The van der Waals surface area contributed by atoms with E-state index in [1.54, 1.807) is 11.3 Å². The Labute approximate surface area is 127 Å². The Morgan fingerprint density at radius 3 is 2.58 bits per heavy atom. The Hall–Kier alpha value is -0.390. The molecule has 3 nitrogen and oxygen atoms in total. The van der Waals surface area contributed by atoms with Crippen LogP contribution in [0.1, 0.15) is 19.4 Å². The van der Waals surface area contributed by atoms with E-state index in [1.165, 1.54) is 5.56 Å². The van der Waals surface area contributed by atoms with Gasteiger partial charge in [-0.3, -0.25) is 9.69 Å². The second-order valence-corrected chi connectivity index (χ2v) is 7.15. The molecule has 1 atom stereocenters. The molecule has 0 N–H and O–H groups in total. The van der Waals surface area contributed by atoms with Gasteiger partial charge in [0.1, 0.15) is 0 Å². The first kappa shape index (κ1) is 15.0. The number of piperazine rings is 1. The number of carbonyl (C=O) groups is 1. The van der Waals surface area contributed by atoms with Crippen molar-refractivity contribution in [3.8, 4) is 0 Å². The van der Waals surface area contributed by atoms with Gasteiger partial charge in [0.25, 0.3) is 0 Å². The van der Waals surface area contributed by atoms with Crippen LogP contribution in [0.3, 0.4) is 0 Å². The lowest BCUT2D eigenvalue weighted by Gasteiger charge is -2.36. The number of nitrogens with zero attached hydrogens (tertiary/aromatic N) is 2. The first-order chi connectivity index (χ1) is 9.08. The highest BCUT2D eigenvalue weighted by atomic mass is 79.9. The molecule has 5 heteroatoms. The number of hydrogen-bond donors (Lipinski definition) is 0. The number of halogens is 1. The summed E-state index contributed by atoms with van der Waals surface area (Å²) < 4.78 is 0. The van der Waals surface area contributed by atoms with Gasteiger partial charge in [0.2, 0.25) is 5.91 Å². The van der Waals surface area contributed by atoms with E-state index in [1.807, 2.05) is 4.90 Å². The van der Waals surface area contributed by atoms with Crippen molar-refractivity contribution >= 4 is 33.2 Å². The van der Waals surface area contributed by atoms with Gasteiger partial charge in [0.05, 0.1) is 4.83 Å². The van der Waals surface area contributed by atoms with Gasteiger partial charge in [-0.15, -0.1) is 0 Å². The van der Waals surface area contributed by atoms with Crippen LogP contribution in [-0.4, -0.2) is 46.7 Å². The minimum Gasteiger partial charge on any atom is -0.339 e. The highest BCUT2D eigenvalue weighted by Gasteiger charge is 2.27. The maximum absolute atomic E-state index is 12.2. The van der Waals surface area contributed by atoms with Crippen LogP contribution in [0.5, 0.6) is 0 Å². The highest BCUT2D eigenvalue weighted by molar-refractivity contribution is 9.10. The summed E-state index contributed by atoms with van der Waals surface area (Å²) in [6.07, 6.45) is 0. The molecule has 1 aliphatic heterocycles. The van der Waals surface area contributed by atoms with Gasteiger partial charge in [-0.2, -0.15) is 11.3 Å². The molecule has 1 aromatic heterocycles. The Morgan fingerprint density at radius 2 is 2.05 bits per heavy atom. The molecule has 19 heavy (non-hydrogen) atoms. The van der Waals surface area contributed by atoms with Gasteiger partial charge in [-0.25, -0.2) is 0 Å². The summed E-state index contributed by atoms with van der Waals surface area (Å²) in [6, 6.07) is 2.18. The molecule has 2 heterocycles. The number of carbonyl (C=O) groups excluding carboxylic acids is 1. The minimum absolute atomic E-state index is 0.0454. The second-order valence-electron chi connectivity index (χ2n) is 5.38. The van der Waals surface area contributed by atoms with Gasteiger partial charge in [-0.1, -0.05) is 29.8 Å². The lowest BCUT2D eigenvalue weighted by molar-refractivity contribution is -0.133. The summed E-state index contributed by atoms with van der Waals surface area (Å²) in [7, 11) is 0. The second kappa shape index (κ2) is 6.86. The van der Waals surface area contributed by atoms with Crippen LogP contribution in [0.25, 0.3) is 0 Å². The van der Waals surface area contributed by atoms with E-state index in [4.69, 9.17) is 0 Å². The number of rotatable bonds is 4. The van der Waals surface area contributed by atoms with Gasteiger partial charge in [0.15, 0.2) is 0 Å². The highest BCUT2D eigenvalue weighted by Crippen LogP contribution is 2.17. The molecule has 2 rings (SSSR count). The summed E-state index contributed by atoms with van der Waals surface area (Å²) in [5.41, 5.74) is 1.38. The van der Waals surface area contributed by atoms with Crippen molar-refractivity contribution in [3.63, 3.8) is 0 Å². The SMILES string of the molecule is CC(C)C(Br)C(=O)N1CCN(Cc2ccsc2)CC1. The van der Waals surface area contributed by atoms with Crippen molar-refractivity contribution in [2.45, 2.75) is 25.2 Å². The molecule has 0 aliphatic carbocycles. The van der Waals surface area contributed by atoms with Gasteiger partial charge in [0, 0.05) is 32.7 Å². The van der Waals surface area contributed by atoms with Crippen molar-refractivity contribution in [3.05, 3.63) is 22.4 Å². The van der Waals surface area contributed by atoms with Crippen LogP contribution in [0.4, 0.5) is 0 Å². The largest absolute Gasteiger partial charge is 0.339 e. The summed E-state index contributed by atoms with van der Waals surface area (Å²) in [5.74, 6) is 0.585. The van der Waals surface area contributed by atoms with Crippen molar-refractivity contribution in [2.24, 2.45) is 5.92 Å². The Morgan fingerprint density at radius 1 is 1.37 bits per heavy atom. The fourth-order valence-electron chi connectivity index (χ4n) is 2.23. The van der Waals surface area contributed by atoms with E-state index in [2.05, 4.69) is 51.5 Å². The number of thiophene rings is 1. The van der Waals surface area contributed by atoms with Crippen molar-refractivity contribution in [2.75, 3.05) is 26.2 Å². The molecular formula is C14H21BrN2OS. The molecule has 0 aromatic carbocycles. The Kier molecular flexibility index (Phi) is 5.42. The zero-order valence-corrected chi connectivity index (χ0v) is 13.9. The van der Waals surface area contributed by atoms with Crippen LogP contribution < -0.4 is 0 Å². The molecular weight excluding hydrogens is 324 g/mol. The van der Waals surface area contributed by atoms with E-state index < -0.39 is 0 Å². The zero-order chi connectivity index (χ0) is 13.8. The van der Waals surface area contributed by atoms with E-state index in [-0.39, 0.29) is 10.7 Å². The monoisotopic (exact) mass is 344 g/mol. The molecule has 1 amide bonds. The van der Waals surface area contributed by atoms with E-state index >= 15 is 0 Å². The van der Waals surface area contributed by atoms with Crippen LogP contribution in [-0.2, 0) is 11.3 Å². The lowest BCUT2D eigenvalue weighted by atomic mass is 10.1. The van der Waals surface area contributed by atoms with Gasteiger partial charge >= 0.3 is 0 Å². The Balaban J connectivity index is 1.80. The van der Waals surface area contributed by atoms with Gasteiger partial charge in [-0.05, 0) is 28.3 Å². The average Bonchev–Trinajstić information content (AvgIpc) is 2.90. The molecule has 0 spiro atoms. The first-order valence-electron chi connectivity index (χ1n) is 6.74. The van der Waals surface area contributed by atoms with E-state index in [0.29, 0.717) is 5.92 Å². The zero-order valence-electron chi connectivity index (χ0n) is 11.5. The standard InChI is InChI=1S/C14H21BrN2OS/c1-11(2)13(15)14(18)17-6-4-16(5-7-17)9-12-3-8-19-10-12/h3,8,10-11,13H,4-7,9H2,1-2H3. The molecule has 1 aromatic rings. The fourth-order valence-corrected chi connectivity index (χ4v) is 3.18. The molecule has 1 unspecified atom stereocenters. The number of alkyl halides is 1. The Bertz CT molecular complexity index is 400. The third-order valence-electron chi connectivity index (χ3n) is 3.49. The summed E-state index contributed by atoms with van der Waals surface area (Å²) in [4.78, 5) is 16.6. The summed E-state index contributed by atoms with van der Waals surface area (Å²) in [6.45, 7) is 8.79. The van der Waals surface area contributed by atoms with E-state index in [9.17, 15) is 4.79 Å². The maximum Gasteiger partial charge on any atom is 0.236 e. The molecule has 1 aliphatic rings. The quantitative estimate of drug-likeness (QED) is 0.784. The van der Waals surface area contributed by atoms with E-state index in [0.717, 1.165) is 32.7 Å². The number of amides is 1. The van der Waals surface area contributed by atoms with Gasteiger partial charge < -0.3 is 4.90 Å². The summed E-state index contributed by atoms with van der Waals surface area (Å²) >= 11 is 5.25. The molecule has 0 saturated carbocycles. The predicted molar refractivity (Wildman–Crippen MR) is 83.7 cm³/mol. The molecule has 0 bridgehead atoms. The average molecular weight is 345 g/mol. The van der Waals surface area contributed by atoms with Crippen LogP contribution >= 0.6 is 27.3 Å². The van der Waals surface area contributed by atoms with Crippen molar-refractivity contribution in [1.82, 2.24) is 9.80 Å². The van der Waals surface area contributed by atoms with Crippen LogP contribution in [0, 0.1) is 5.92 Å². The molecule has 1 fully saturated rings. The normalized spacial score (nSPS) is 18.8.